The minimum absolute atomic E-state index is 0.193. The summed E-state index contributed by atoms with van der Waals surface area (Å²) in [6, 6.07) is 1.71. The van der Waals surface area contributed by atoms with Gasteiger partial charge < -0.3 is 0 Å². The average molecular weight is 175 g/mol. The van der Waals surface area contributed by atoms with E-state index in [0.717, 1.165) is 0 Å². The van der Waals surface area contributed by atoms with Crippen molar-refractivity contribution in [2.45, 2.75) is 0 Å². The Kier molecular flexibility index (Phi) is 2.66. The zero-order valence-corrected chi connectivity index (χ0v) is 6.47. The van der Waals surface area contributed by atoms with Gasteiger partial charge in [0.15, 0.2) is 0 Å². The Morgan fingerprint density at radius 3 is 2.80 bits per heavy atom. The van der Waals surface area contributed by atoms with Gasteiger partial charge in [-0.15, -0.1) is 0 Å². The molecule has 0 bridgehead atoms. The van der Waals surface area contributed by atoms with E-state index in [1.54, 1.807) is 18.3 Å². The van der Waals surface area contributed by atoms with Gasteiger partial charge in [0, 0.05) is 6.20 Å². The quantitative estimate of drug-likeness (QED) is 0.654. The third-order valence-electron chi connectivity index (χ3n) is 0.862. The van der Waals surface area contributed by atoms with Crippen LogP contribution in [0, 0.1) is 0 Å². The van der Waals surface area contributed by atoms with Crippen LogP contribution in [0.15, 0.2) is 23.1 Å². The summed E-state index contributed by atoms with van der Waals surface area (Å²) in [6.07, 6.45) is 4.60. The van der Waals surface area contributed by atoms with E-state index in [4.69, 9.17) is 23.2 Å². The van der Waals surface area contributed by atoms with Gasteiger partial charge in [0.25, 0.3) is 0 Å². The van der Waals surface area contributed by atoms with Gasteiger partial charge in [-0.25, -0.2) is 9.97 Å². The molecule has 0 unspecified atom stereocenters. The normalized spacial score (nSPS) is 9.00. The van der Waals surface area contributed by atoms with Crippen molar-refractivity contribution in [2.75, 3.05) is 0 Å². The molecule has 1 heterocycles. The third kappa shape index (κ3) is 2.33. The van der Waals surface area contributed by atoms with Crippen LogP contribution in [0.4, 0.5) is 0 Å². The minimum Gasteiger partial charge on any atom is -0.245 e. The Morgan fingerprint density at radius 1 is 1.50 bits per heavy atom. The zero-order valence-electron chi connectivity index (χ0n) is 4.96. The van der Waals surface area contributed by atoms with E-state index in [-0.39, 0.29) is 4.49 Å². The second-order valence-electron chi connectivity index (χ2n) is 1.57. The Labute approximate surface area is 68.5 Å². The number of halogens is 2. The molecule has 1 aromatic rings. The molecular formula is C6H4Cl2N2. The van der Waals surface area contributed by atoms with Crippen LogP contribution in [0.25, 0.3) is 6.08 Å². The second-order valence-corrected chi connectivity index (χ2v) is 2.58. The lowest BCUT2D eigenvalue weighted by atomic mass is 10.4. The molecule has 52 valence electrons. The van der Waals surface area contributed by atoms with Gasteiger partial charge in [-0.3, -0.25) is 0 Å². The monoisotopic (exact) mass is 174 g/mol. The highest BCUT2D eigenvalue weighted by molar-refractivity contribution is 6.57. The van der Waals surface area contributed by atoms with Crippen LogP contribution in [0.3, 0.4) is 0 Å². The summed E-state index contributed by atoms with van der Waals surface area (Å²) in [5, 5.41) is 0. The fourth-order valence-corrected chi connectivity index (χ4v) is 0.722. The van der Waals surface area contributed by atoms with Crippen molar-refractivity contribution in [3.63, 3.8) is 0 Å². The summed E-state index contributed by atoms with van der Waals surface area (Å²) in [7, 11) is 0. The summed E-state index contributed by atoms with van der Waals surface area (Å²) < 4.78 is 0.193. The van der Waals surface area contributed by atoms with E-state index in [0.29, 0.717) is 5.69 Å². The standard InChI is InChI=1S/C6H4Cl2N2/c7-6(8)3-5-1-2-9-4-10-5/h1-4H. The minimum atomic E-state index is 0.193. The molecule has 10 heavy (non-hydrogen) atoms. The molecule has 0 aliphatic heterocycles. The van der Waals surface area contributed by atoms with E-state index in [1.807, 2.05) is 0 Å². The fourth-order valence-electron chi connectivity index (χ4n) is 0.498. The molecule has 0 fully saturated rings. The lowest BCUT2D eigenvalue weighted by Crippen LogP contribution is -1.79. The molecule has 1 rings (SSSR count). The molecule has 0 N–H and O–H groups in total. The van der Waals surface area contributed by atoms with Crippen molar-refractivity contribution in [1.82, 2.24) is 9.97 Å². The average Bonchev–Trinajstić information content (AvgIpc) is 1.88. The first-order chi connectivity index (χ1) is 4.79. The molecule has 2 nitrogen and oxygen atoms in total. The highest BCUT2D eigenvalue weighted by atomic mass is 35.5. The lowest BCUT2D eigenvalue weighted by Gasteiger charge is -1.87. The topological polar surface area (TPSA) is 25.8 Å². The molecule has 0 aromatic carbocycles. The van der Waals surface area contributed by atoms with Crippen molar-refractivity contribution in [2.24, 2.45) is 0 Å². The van der Waals surface area contributed by atoms with Gasteiger partial charge in [0.1, 0.15) is 10.8 Å². The number of nitrogens with zero attached hydrogens (tertiary/aromatic N) is 2. The lowest BCUT2D eigenvalue weighted by molar-refractivity contribution is 1.15. The molecule has 4 heteroatoms. The van der Waals surface area contributed by atoms with Gasteiger partial charge >= 0.3 is 0 Å². The molecule has 0 spiro atoms. The van der Waals surface area contributed by atoms with Crippen LogP contribution < -0.4 is 0 Å². The maximum atomic E-state index is 5.38. The van der Waals surface area contributed by atoms with Crippen molar-refractivity contribution in [1.29, 1.82) is 0 Å². The molecule has 0 radical (unpaired) electrons. The molecule has 0 saturated heterocycles. The fraction of sp³-hybridized carbons (Fsp3) is 0. The number of hydrogen-bond donors (Lipinski definition) is 0. The maximum Gasteiger partial charge on any atom is 0.115 e. The Bertz CT molecular complexity index is 229. The third-order valence-corrected chi connectivity index (χ3v) is 1.08. The molecule has 0 aliphatic rings. The summed E-state index contributed by atoms with van der Waals surface area (Å²) in [5.74, 6) is 0. The van der Waals surface area contributed by atoms with Gasteiger partial charge in [0.2, 0.25) is 0 Å². The molecule has 0 aliphatic carbocycles. The van der Waals surface area contributed by atoms with E-state index >= 15 is 0 Å². The van der Waals surface area contributed by atoms with Crippen LogP contribution in [-0.2, 0) is 0 Å². The predicted octanol–water partition coefficient (Wildman–Crippen LogP) is 2.25. The molecule has 0 saturated carbocycles. The van der Waals surface area contributed by atoms with Crippen molar-refractivity contribution in [3.8, 4) is 0 Å². The SMILES string of the molecule is ClC(Cl)=Cc1ccncn1. The largest absolute Gasteiger partial charge is 0.245 e. The van der Waals surface area contributed by atoms with Crippen LogP contribution in [0.1, 0.15) is 5.69 Å². The van der Waals surface area contributed by atoms with E-state index < -0.39 is 0 Å². The van der Waals surface area contributed by atoms with Crippen molar-refractivity contribution < 1.29 is 0 Å². The van der Waals surface area contributed by atoms with Crippen molar-refractivity contribution in [3.05, 3.63) is 28.8 Å². The molecule has 1 aromatic heterocycles. The zero-order chi connectivity index (χ0) is 7.40. The highest BCUT2D eigenvalue weighted by Crippen LogP contribution is 2.10. The molecule has 0 atom stereocenters. The first kappa shape index (κ1) is 7.51. The van der Waals surface area contributed by atoms with Crippen LogP contribution >= 0.6 is 23.2 Å². The van der Waals surface area contributed by atoms with E-state index in [9.17, 15) is 0 Å². The van der Waals surface area contributed by atoms with Gasteiger partial charge in [0.05, 0.1) is 5.69 Å². The van der Waals surface area contributed by atoms with E-state index in [1.165, 1.54) is 6.33 Å². The van der Waals surface area contributed by atoms with Gasteiger partial charge in [-0.1, -0.05) is 23.2 Å². The molecule has 0 amide bonds. The first-order valence-corrected chi connectivity index (χ1v) is 3.33. The van der Waals surface area contributed by atoms with Gasteiger partial charge in [-0.2, -0.15) is 0 Å². The second kappa shape index (κ2) is 3.54. The smallest absolute Gasteiger partial charge is 0.115 e. The number of rotatable bonds is 1. The summed E-state index contributed by atoms with van der Waals surface area (Å²) in [5.41, 5.74) is 0.704. The highest BCUT2D eigenvalue weighted by Gasteiger charge is 1.87. The Hall–Kier alpha value is -0.600. The van der Waals surface area contributed by atoms with E-state index in [2.05, 4.69) is 9.97 Å². The number of aromatic nitrogens is 2. The maximum absolute atomic E-state index is 5.38. The predicted molar refractivity (Wildman–Crippen MR) is 41.7 cm³/mol. The Balaban J connectivity index is 2.87. The van der Waals surface area contributed by atoms with Crippen LogP contribution in [0.2, 0.25) is 0 Å². The number of hydrogen-bond acceptors (Lipinski definition) is 2. The summed E-state index contributed by atoms with van der Waals surface area (Å²) in [4.78, 5) is 7.59. The Morgan fingerprint density at radius 2 is 2.30 bits per heavy atom. The molecular weight excluding hydrogens is 171 g/mol. The summed E-state index contributed by atoms with van der Waals surface area (Å²) in [6.45, 7) is 0. The summed E-state index contributed by atoms with van der Waals surface area (Å²) >= 11 is 10.8. The van der Waals surface area contributed by atoms with Crippen molar-refractivity contribution >= 4 is 29.3 Å². The van der Waals surface area contributed by atoms with Gasteiger partial charge in [-0.05, 0) is 12.1 Å². The first-order valence-electron chi connectivity index (χ1n) is 2.58. The van der Waals surface area contributed by atoms with Crippen LogP contribution in [0.5, 0.6) is 0 Å². The van der Waals surface area contributed by atoms with Crippen LogP contribution in [-0.4, -0.2) is 9.97 Å².